The summed E-state index contributed by atoms with van der Waals surface area (Å²) in [7, 11) is 1.76. The number of amides is 1. The van der Waals surface area contributed by atoms with Gasteiger partial charge in [0.15, 0.2) is 5.78 Å². The molecule has 0 aromatic rings. The molecule has 0 heterocycles. The fraction of sp³-hybridized carbons (Fsp3) is 0.571. The Morgan fingerprint density at radius 3 is 2.35 bits per heavy atom. The van der Waals surface area contributed by atoms with E-state index in [0.29, 0.717) is 0 Å². The third-order valence-corrected chi connectivity index (χ3v) is 2.79. The van der Waals surface area contributed by atoms with E-state index >= 15 is 0 Å². The molecule has 96 valence electrons. The predicted octanol–water partition coefficient (Wildman–Crippen LogP) is 2.58. The van der Waals surface area contributed by atoms with Crippen molar-refractivity contribution in [3.63, 3.8) is 0 Å². The zero-order valence-electron chi connectivity index (χ0n) is 11.3. The summed E-state index contributed by atoms with van der Waals surface area (Å²) in [4.78, 5) is 24.3. The summed E-state index contributed by atoms with van der Waals surface area (Å²) < 4.78 is 0. The Balaban J connectivity index is 4.01. The number of likely N-dealkylation sites (N-methyl/N-ethyl adjacent to an activating group) is 1. The fourth-order valence-electron chi connectivity index (χ4n) is 1.28. The van der Waals surface area contributed by atoms with E-state index in [1.807, 2.05) is 26.8 Å². The number of carbonyl (C=O) groups excluding carboxylic acids is 2. The summed E-state index contributed by atoms with van der Waals surface area (Å²) >= 11 is 0. The highest BCUT2D eigenvalue weighted by molar-refractivity contribution is 5.91. The second-order valence-electron chi connectivity index (χ2n) is 4.54. The maximum absolute atomic E-state index is 11.3. The van der Waals surface area contributed by atoms with Crippen molar-refractivity contribution in [3.05, 3.63) is 24.8 Å². The Bertz CT molecular complexity index is 305. The van der Waals surface area contributed by atoms with Crippen molar-refractivity contribution in [2.45, 2.75) is 39.7 Å². The van der Waals surface area contributed by atoms with Gasteiger partial charge in [0.25, 0.3) is 0 Å². The van der Waals surface area contributed by atoms with Crippen LogP contribution in [0.5, 0.6) is 0 Å². The molecule has 0 aliphatic rings. The minimum Gasteiger partial charge on any atom is -0.340 e. The molecule has 0 bridgehead atoms. The van der Waals surface area contributed by atoms with Crippen LogP contribution in [0.25, 0.3) is 0 Å². The molecule has 0 spiro atoms. The molecular formula is C14H23NO2. The molecule has 17 heavy (non-hydrogen) atoms. The molecule has 1 amide bonds. The molecule has 0 aromatic carbocycles. The molecule has 0 rings (SSSR count). The van der Waals surface area contributed by atoms with Crippen LogP contribution in [0.2, 0.25) is 0 Å². The van der Waals surface area contributed by atoms with Crippen molar-refractivity contribution in [2.24, 2.45) is 5.92 Å². The van der Waals surface area contributed by atoms with E-state index in [1.165, 1.54) is 6.08 Å². The highest BCUT2D eigenvalue weighted by Gasteiger charge is 2.11. The van der Waals surface area contributed by atoms with Crippen LogP contribution in [0.1, 0.15) is 33.6 Å². The standard InChI is InChI=1S/C14H23NO2/c1-6-14(17)15(5)12(4)9-7-8-10-13(16)11(2)3/h6,8,10-12H,1,7,9H2,2-5H3/b10-8+. The summed E-state index contributed by atoms with van der Waals surface area (Å²) in [6.07, 6.45) is 6.47. The molecule has 1 atom stereocenters. The van der Waals surface area contributed by atoms with Crippen LogP contribution in [0.15, 0.2) is 24.8 Å². The van der Waals surface area contributed by atoms with E-state index in [-0.39, 0.29) is 23.7 Å². The molecule has 0 N–H and O–H groups in total. The average molecular weight is 237 g/mol. The van der Waals surface area contributed by atoms with Crippen LogP contribution in [-0.4, -0.2) is 29.7 Å². The summed E-state index contributed by atoms with van der Waals surface area (Å²) in [6.45, 7) is 9.20. The van der Waals surface area contributed by atoms with Gasteiger partial charge < -0.3 is 4.90 Å². The lowest BCUT2D eigenvalue weighted by molar-refractivity contribution is -0.126. The van der Waals surface area contributed by atoms with E-state index in [2.05, 4.69) is 6.58 Å². The van der Waals surface area contributed by atoms with Crippen molar-refractivity contribution in [1.29, 1.82) is 0 Å². The third-order valence-electron chi connectivity index (χ3n) is 2.79. The minimum absolute atomic E-state index is 0.0497. The van der Waals surface area contributed by atoms with Crippen LogP contribution in [0.4, 0.5) is 0 Å². The molecule has 0 aliphatic carbocycles. The van der Waals surface area contributed by atoms with Gasteiger partial charge in [-0.1, -0.05) is 26.5 Å². The average Bonchev–Trinajstić information content (AvgIpc) is 2.31. The van der Waals surface area contributed by atoms with Gasteiger partial charge in [-0.05, 0) is 31.9 Å². The molecule has 0 aromatic heterocycles. The van der Waals surface area contributed by atoms with E-state index < -0.39 is 0 Å². The van der Waals surface area contributed by atoms with E-state index in [9.17, 15) is 9.59 Å². The maximum atomic E-state index is 11.3. The van der Waals surface area contributed by atoms with Gasteiger partial charge in [-0.3, -0.25) is 9.59 Å². The van der Waals surface area contributed by atoms with E-state index in [0.717, 1.165) is 12.8 Å². The largest absolute Gasteiger partial charge is 0.340 e. The Labute approximate surface area is 104 Å². The number of rotatable bonds is 7. The van der Waals surface area contributed by atoms with E-state index in [4.69, 9.17) is 0 Å². The molecule has 0 aliphatic heterocycles. The van der Waals surface area contributed by atoms with Gasteiger partial charge in [-0.25, -0.2) is 0 Å². The monoisotopic (exact) mass is 237 g/mol. The van der Waals surface area contributed by atoms with Crippen LogP contribution >= 0.6 is 0 Å². The summed E-state index contributed by atoms with van der Waals surface area (Å²) in [5, 5.41) is 0. The van der Waals surface area contributed by atoms with Crippen LogP contribution in [-0.2, 0) is 9.59 Å². The second-order valence-corrected chi connectivity index (χ2v) is 4.54. The highest BCUT2D eigenvalue weighted by atomic mass is 16.2. The number of ketones is 1. The van der Waals surface area contributed by atoms with Crippen molar-refractivity contribution < 1.29 is 9.59 Å². The van der Waals surface area contributed by atoms with Gasteiger partial charge in [-0.2, -0.15) is 0 Å². The van der Waals surface area contributed by atoms with Gasteiger partial charge in [0, 0.05) is 19.0 Å². The Hall–Kier alpha value is -1.38. The first kappa shape index (κ1) is 15.6. The smallest absolute Gasteiger partial charge is 0.245 e. The number of hydrogen-bond donors (Lipinski definition) is 0. The quantitative estimate of drug-likeness (QED) is 0.638. The Kier molecular flexibility index (Phi) is 7.19. The normalized spacial score (nSPS) is 12.8. The molecule has 3 heteroatoms. The predicted molar refractivity (Wildman–Crippen MR) is 70.6 cm³/mol. The van der Waals surface area contributed by atoms with Gasteiger partial charge in [0.05, 0.1) is 0 Å². The number of allylic oxidation sites excluding steroid dienone is 2. The van der Waals surface area contributed by atoms with Crippen molar-refractivity contribution in [3.8, 4) is 0 Å². The Morgan fingerprint density at radius 1 is 1.29 bits per heavy atom. The molecule has 0 saturated carbocycles. The molecule has 0 saturated heterocycles. The van der Waals surface area contributed by atoms with Crippen molar-refractivity contribution in [2.75, 3.05) is 7.05 Å². The lowest BCUT2D eigenvalue weighted by Crippen LogP contribution is -2.33. The molecule has 3 nitrogen and oxygen atoms in total. The number of hydrogen-bond acceptors (Lipinski definition) is 2. The topological polar surface area (TPSA) is 37.4 Å². The first-order valence-corrected chi connectivity index (χ1v) is 5.99. The summed E-state index contributed by atoms with van der Waals surface area (Å²) in [5.41, 5.74) is 0. The SMILES string of the molecule is C=CC(=O)N(C)C(C)CC/C=C/C(=O)C(C)C. The third kappa shape index (κ3) is 6.05. The minimum atomic E-state index is -0.0697. The number of carbonyl (C=O) groups is 2. The van der Waals surface area contributed by atoms with Crippen LogP contribution in [0.3, 0.4) is 0 Å². The first-order chi connectivity index (χ1) is 7.90. The summed E-state index contributed by atoms with van der Waals surface area (Å²) in [5.74, 6) is 0.126. The molecule has 0 fully saturated rings. The van der Waals surface area contributed by atoms with E-state index in [1.54, 1.807) is 18.0 Å². The molecular weight excluding hydrogens is 214 g/mol. The summed E-state index contributed by atoms with van der Waals surface area (Å²) in [6, 6.07) is 0.152. The van der Waals surface area contributed by atoms with Gasteiger partial charge in [0.2, 0.25) is 5.91 Å². The Morgan fingerprint density at radius 2 is 1.88 bits per heavy atom. The van der Waals surface area contributed by atoms with Gasteiger partial charge in [-0.15, -0.1) is 0 Å². The lowest BCUT2D eigenvalue weighted by atomic mass is 10.1. The van der Waals surface area contributed by atoms with Crippen molar-refractivity contribution >= 4 is 11.7 Å². The van der Waals surface area contributed by atoms with Gasteiger partial charge >= 0.3 is 0 Å². The number of nitrogens with zero attached hydrogens (tertiary/aromatic N) is 1. The lowest BCUT2D eigenvalue weighted by Gasteiger charge is -2.23. The molecule has 0 radical (unpaired) electrons. The first-order valence-electron chi connectivity index (χ1n) is 5.99. The van der Waals surface area contributed by atoms with Crippen LogP contribution < -0.4 is 0 Å². The second kappa shape index (κ2) is 7.82. The fourth-order valence-corrected chi connectivity index (χ4v) is 1.28. The van der Waals surface area contributed by atoms with Gasteiger partial charge in [0.1, 0.15) is 0 Å². The molecule has 1 unspecified atom stereocenters. The highest BCUT2D eigenvalue weighted by Crippen LogP contribution is 2.06. The zero-order chi connectivity index (χ0) is 13.4. The maximum Gasteiger partial charge on any atom is 0.245 e. The van der Waals surface area contributed by atoms with Crippen molar-refractivity contribution in [1.82, 2.24) is 4.90 Å². The van der Waals surface area contributed by atoms with Crippen LogP contribution in [0, 0.1) is 5.92 Å². The zero-order valence-corrected chi connectivity index (χ0v) is 11.3.